The standard InChI is InChI=1S/C33H38N2O5S/c1-5-39-32(38)25(21-20-23-14-8-6-9-15-23)34-29-30(24-16-10-7-11-17-24)41-27-19-13-12-18-26(27)35(31(29)37)22-28(36)40-33(2,3)4/h6-19,25,29-30,34H,5,20-22H2,1-4H3. The molecule has 4 rings (SSSR count). The zero-order chi connectivity index (χ0) is 29.4. The normalized spacial score (nSPS) is 17.8. The minimum Gasteiger partial charge on any atom is -0.465 e. The van der Waals surface area contributed by atoms with Gasteiger partial charge in [-0.3, -0.25) is 24.6 Å². The third kappa shape index (κ3) is 8.21. The van der Waals surface area contributed by atoms with E-state index in [1.54, 1.807) is 27.7 Å². The number of nitrogens with one attached hydrogen (secondary N) is 1. The van der Waals surface area contributed by atoms with Gasteiger partial charge in [-0.15, -0.1) is 11.8 Å². The summed E-state index contributed by atoms with van der Waals surface area (Å²) < 4.78 is 11.0. The van der Waals surface area contributed by atoms with E-state index in [1.165, 1.54) is 16.7 Å². The Hall–Kier alpha value is -3.62. The van der Waals surface area contributed by atoms with Crippen molar-refractivity contribution in [3.05, 3.63) is 96.1 Å². The van der Waals surface area contributed by atoms with Gasteiger partial charge in [0.1, 0.15) is 24.2 Å². The van der Waals surface area contributed by atoms with E-state index in [1.807, 2.05) is 84.9 Å². The van der Waals surface area contributed by atoms with Gasteiger partial charge in [-0.1, -0.05) is 72.8 Å². The molecule has 3 atom stereocenters. The van der Waals surface area contributed by atoms with Gasteiger partial charge in [0.15, 0.2) is 0 Å². The van der Waals surface area contributed by atoms with Gasteiger partial charge in [-0.2, -0.15) is 0 Å². The number of carbonyl (C=O) groups is 3. The fourth-order valence-electron chi connectivity index (χ4n) is 4.81. The van der Waals surface area contributed by atoms with Gasteiger partial charge in [-0.25, -0.2) is 0 Å². The molecular formula is C33H38N2O5S. The first kappa shape index (κ1) is 30.3. The van der Waals surface area contributed by atoms with Crippen LogP contribution < -0.4 is 10.2 Å². The summed E-state index contributed by atoms with van der Waals surface area (Å²) in [6, 6.07) is 25.7. The number of thioether (sulfide) groups is 1. The molecule has 1 N–H and O–H groups in total. The zero-order valence-corrected chi connectivity index (χ0v) is 24.9. The molecule has 3 unspecified atom stereocenters. The second-order valence-electron chi connectivity index (χ2n) is 10.9. The van der Waals surface area contributed by atoms with Crippen molar-refractivity contribution in [1.29, 1.82) is 0 Å². The Morgan fingerprint density at radius 1 is 0.951 bits per heavy atom. The fraction of sp³-hybridized carbons (Fsp3) is 0.364. The Kier molecular flexibility index (Phi) is 10.2. The summed E-state index contributed by atoms with van der Waals surface area (Å²) in [6.07, 6.45) is 1.07. The van der Waals surface area contributed by atoms with Crippen molar-refractivity contribution in [2.75, 3.05) is 18.1 Å². The predicted octanol–water partition coefficient (Wildman–Crippen LogP) is 5.73. The summed E-state index contributed by atoms with van der Waals surface area (Å²) in [4.78, 5) is 43.0. The number of fused-ring (bicyclic) bond motifs is 1. The molecule has 0 aromatic heterocycles. The molecule has 0 aliphatic carbocycles. The lowest BCUT2D eigenvalue weighted by Gasteiger charge is -2.31. The molecule has 1 heterocycles. The van der Waals surface area contributed by atoms with Crippen molar-refractivity contribution < 1.29 is 23.9 Å². The number of anilines is 1. The van der Waals surface area contributed by atoms with Gasteiger partial charge < -0.3 is 9.47 Å². The first-order chi connectivity index (χ1) is 19.7. The lowest BCUT2D eigenvalue weighted by atomic mass is 10.00. The van der Waals surface area contributed by atoms with Crippen LogP contribution in [0.4, 0.5) is 5.69 Å². The van der Waals surface area contributed by atoms with Crippen LogP contribution in [-0.4, -0.2) is 48.7 Å². The van der Waals surface area contributed by atoms with E-state index in [-0.39, 0.29) is 24.3 Å². The van der Waals surface area contributed by atoms with E-state index in [0.29, 0.717) is 18.5 Å². The Morgan fingerprint density at radius 2 is 1.59 bits per heavy atom. The molecule has 0 spiro atoms. The Bertz CT molecular complexity index is 1330. The van der Waals surface area contributed by atoms with E-state index in [2.05, 4.69) is 5.32 Å². The molecule has 0 saturated heterocycles. The average Bonchev–Trinajstić information content (AvgIpc) is 3.05. The highest BCUT2D eigenvalue weighted by Crippen LogP contribution is 2.45. The highest BCUT2D eigenvalue weighted by Gasteiger charge is 2.41. The highest BCUT2D eigenvalue weighted by atomic mass is 32.2. The van der Waals surface area contributed by atoms with E-state index in [0.717, 1.165) is 16.0 Å². The SMILES string of the molecule is CCOC(=O)C(CCc1ccccc1)NC1C(=O)N(CC(=O)OC(C)(C)C)c2ccccc2SC1c1ccccc1. The van der Waals surface area contributed by atoms with Crippen LogP contribution in [0, 0.1) is 0 Å². The molecule has 1 aliphatic rings. The van der Waals surface area contributed by atoms with E-state index >= 15 is 0 Å². The van der Waals surface area contributed by atoms with Crippen LogP contribution in [0.5, 0.6) is 0 Å². The second-order valence-corrected chi connectivity index (χ2v) is 12.1. The summed E-state index contributed by atoms with van der Waals surface area (Å²) >= 11 is 1.54. The van der Waals surface area contributed by atoms with Gasteiger partial charge in [0.25, 0.3) is 0 Å². The maximum Gasteiger partial charge on any atom is 0.326 e. The molecule has 0 radical (unpaired) electrons. The minimum atomic E-state index is -0.831. The van der Waals surface area contributed by atoms with Gasteiger partial charge >= 0.3 is 11.9 Å². The summed E-state index contributed by atoms with van der Waals surface area (Å²) in [6.45, 7) is 7.14. The van der Waals surface area contributed by atoms with E-state index < -0.39 is 29.6 Å². The topological polar surface area (TPSA) is 84.9 Å². The number of hydrogen-bond acceptors (Lipinski definition) is 7. The van der Waals surface area contributed by atoms with E-state index in [4.69, 9.17) is 9.47 Å². The van der Waals surface area contributed by atoms with Crippen LogP contribution in [0.25, 0.3) is 0 Å². The number of para-hydroxylation sites is 1. The Labute approximate surface area is 246 Å². The molecule has 8 heteroatoms. The third-order valence-electron chi connectivity index (χ3n) is 6.60. The quantitative estimate of drug-likeness (QED) is 0.310. The summed E-state index contributed by atoms with van der Waals surface area (Å²) in [5, 5.41) is 3.02. The summed E-state index contributed by atoms with van der Waals surface area (Å²) in [7, 11) is 0. The van der Waals surface area contributed by atoms with Crippen molar-refractivity contribution >= 4 is 35.3 Å². The fourth-order valence-corrected chi connectivity index (χ4v) is 6.17. The van der Waals surface area contributed by atoms with Crippen molar-refractivity contribution in [1.82, 2.24) is 5.32 Å². The van der Waals surface area contributed by atoms with Crippen molar-refractivity contribution in [2.45, 2.75) is 68.4 Å². The number of rotatable bonds is 10. The van der Waals surface area contributed by atoms with Crippen LogP contribution in [0.1, 0.15) is 50.5 Å². The average molecular weight is 575 g/mol. The Morgan fingerprint density at radius 3 is 2.24 bits per heavy atom. The number of amides is 1. The number of benzene rings is 3. The largest absolute Gasteiger partial charge is 0.465 e. The molecule has 0 bridgehead atoms. The summed E-state index contributed by atoms with van der Waals surface area (Å²) in [5.41, 5.74) is 1.96. The highest BCUT2D eigenvalue weighted by molar-refractivity contribution is 7.99. The smallest absolute Gasteiger partial charge is 0.326 e. The Balaban J connectivity index is 1.73. The molecule has 0 saturated carbocycles. The first-order valence-electron chi connectivity index (χ1n) is 14.0. The monoisotopic (exact) mass is 574 g/mol. The summed E-state index contributed by atoms with van der Waals surface area (Å²) in [5.74, 6) is -1.22. The maximum atomic E-state index is 14.5. The van der Waals surface area contributed by atoms with Gasteiger partial charge in [-0.05, 0) is 63.8 Å². The van der Waals surface area contributed by atoms with Gasteiger partial charge in [0.05, 0.1) is 17.5 Å². The molecule has 0 fully saturated rings. The minimum absolute atomic E-state index is 0.230. The first-order valence-corrected chi connectivity index (χ1v) is 14.8. The molecule has 41 heavy (non-hydrogen) atoms. The van der Waals surface area contributed by atoms with Crippen LogP contribution in [0.2, 0.25) is 0 Å². The maximum absolute atomic E-state index is 14.5. The number of hydrogen-bond donors (Lipinski definition) is 1. The number of aryl methyl sites for hydroxylation is 1. The zero-order valence-electron chi connectivity index (χ0n) is 24.0. The molecule has 7 nitrogen and oxygen atoms in total. The lowest BCUT2D eigenvalue weighted by molar-refractivity contribution is -0.154. The van der Waals surface area contributed by atoms with Crippen LogP contribution >= 0.6 is 11.8 Å². The van der Waals surface area contributed by atoms with Crippen molar-refractivity contribution in [3.8, 4) is 0 Å². The van der Waals surface area contributed by atoms with Crippen molar-refractivity contribution in [2.24, 2.45) is 0 Å². The third-order valence-corrected chi connectivity index (χ3v) is 7.99. The lowest BCUT2D eigenvalue weighted by Crippen LogP contribution is -2.55. The number of ether oxygens (including phenoxy) is 2. The van der Waals surface area contributed by atoms with Crippen LogP contribution in [0.15, 0.2) is 89.8 Å². The number of nitrogens with zero attached hydrogens (tertiary/aromatic N) is 1. The molecule has 1 amide bonds. The van der Waals surface area contributed by atoms with Crippen LogP contribution in [0.3, 0.4) is 0 Å². The molecule has 1 aliphatic heterocycles. The van der Waals surface area contributed by atoms with Crippen LogP contribution in [-0.2, 0) is 30.3 Å². The van der Waals surface area contributed by atoms with Gasteiger partial charge in [0, 0.05) is 4.90 Å². The molecule has 3 aromatic rings. The molecule has 216 valence electrons. The molecule has 3 aromatic carbocycles. The second kappa shape index (κ2) is 13.8. The van der Waals surface area contributed by atoms with Gasteiger partial charge in [0.2, 0.25) is 5.91 Å². The number of carbonyl (C=O) groups excluding carboxylic acids is 3. The van der Waals surface area contributed by atoms with E-state index in [9.17, 15) is 14.4 Å². The van der Waals surface area contributed by atoms with Crippen molar-refractivity contribution in [3.63, 3.8) is 0 Å². The number of esters is 2. The molecular weight excluding hydrogens is 536 g/mol. The predicted molar refractivity (Wildman–Crippen MR) is 162 cm³/mol.